The Bertz CT molecular complexity index is 1040. The molecule has 0 amide bonds. The van der Waals surface area contributed by atoms with Gasteiger partial charge in [-0.3, -0.25) is 0 Å². The van der Waals surface area contributed by atoms with Gasteiger partial charge in [0.25, 0.3) is 0 Å². The van der Waals surface area contributed by atoms with E-state index in [1.807, 2.05) is 43.5 Å². The Morgan fingerprint density at radius 3 is 2.83 bits per heavy atom. The first kappa shape index (κ1) is 18.2. The number of hydrogen-bond acceptors (Lipinski definition) is 7. The number of aromatic nitrogens is 3. The molecule has 6 nitrogen and oxygen atoms in total. The number of anilines is 3. The number of carbonyl (C=O) groups excluding carboxylic acids is 1. The zero-order valence-electron chi connectivity index (χ0n) is 16.3. The average molecular weight is 406 g/mol. The van der Waals surface area contributed by atoms with Gasteiger partial charge in [-0.25, -0.2) is 15.0 Å². The van der Waals surface area contributed by atoms with E-state index in [2.05, 4.69) is 20.2 Å². The van der Waals surface area contributed by atoms with E-state index in [1.165, 1.54) is 0 Å². The molecule has 3 aromatic rings. The third-order valence-electron chi connectivity index (χ3n) is 6.11. The molecular formula is C22H23N5OS. The Morgan fingerprint density at radius 2 is 2.07 bits per heavy atom. The summed E-state index contributed by atoms with van der Waals surface area (Å²) >= 11 is 1.68. The summed E-state index contributed by atoms with van der Waals surface area (Å²) < 4.78 is 0. The summed E-state index contributed by atoms with van der Waals surface area (Å²) in [5.41, 5.74) is 2.35. The fraction of sp³-hybridized carbons (Fsp3) is 0.364. The van der Waals surface area contributed by atoms with Crippen LogP contribution in [-0.2, 0) is 4.79 Å². The molecule has 1 N–H and O–H groups in total. The highest BCUT2D eigenvalue weighted by molar-refractivity contribution is 7.18. The Balaban J connectivity index is 1.29. The second-order valence-corrected chi connectivity index (χ2v) is 9.06. The van der Waals surface area contributed by atoms with Crippen molar-refractivity contribution >= 4 is 34.4 Å². The number of aldehydes is 1. The number of nitrogens with zero attached hydrogens (tertiary/aromatic N) is 4. The van der Waals surface area contributed by atoms with Crippen LogP contribution in [0.3, 0.4) is 0 Å². The van der Waals surface area contributed by atoms with Crippen LogP contribution in [0.2, 0.25) is 0 Å². The molecular weight excluding hydrogens is 382 g/mol. The molecule has 1 atom stereocenters. The number of aryl methyl sites for hydroxylation is 1. The molecule has 1 aliphatic heterocycles. The van der Waals surface area contributed by atoms with Gasteiger partial charge in [0, 0.05) is 31.4 Å². The highest BCUT2D eigenvalue weighted by Gasteiger charge is 2.54. The first-order valence-corrected chi connectivity index (χ1v) is 10.8. The fourth-order valence-corrected chi connectivity index (χ4v) is 5.13. The van der Waals surface area contributed by atoms with Crippen LogP contribution in [0, 0.1) is 18.3 Å². The van der Waals surface area contributed by atoms with E-state index >= 15 is 0 Å². The quantitative estimate of drug-likeness (QED) is 0.632. The van der Waals surface area contributed by atoms with Gasteiger partial charge in [-0.1, -0.05) is 17.4 Å². The number of nitrogens with one attached hydrogen (secondary N) is 1. The van der Waals surface area contributed by atoms with Crippen LogP contribution in [0.1, 0.15) is 24.8 Å². The van der Waals surface area contributed by atoms with E-state index in [0.717, 1.165) is 71.5 Å². The van der Waals surface area contributed by atoms with Crippen molar-refractivity contribution in [2.24, 2.45) is 11.3 Å². The summed E-state index contributed by atoms with van der Waals surface area (Å²) in [5, 5.41) is 4.31. The van der Waals surface area contributed by atoms with Crippen LogP contribution in [0.5, 0.6) is 0 Å². The molecule has 2 fully saturated rings. The van der Waals surface area contributed by atoms with Gasteiger partial charge in [0.15, 0.2) is 5.13 Å². The lowest BCUT2D eigenvalue weighted by Gasteiger charge is -2.32. The van der Waals surface area contributed by atoms with E-state index in [-0.39, 0.29) is 0 Å². The zero-order chi connectivity index (χ0) is 19.8. The number of rotatable bonds is 5. The molecule has 148 valence electrons. The minimum atomic E-state index is 0.291. The molecule has 1 spiro atoms. The summed E-state index contributed by atoms with van der Waals surface area (Å²) in [4.78, 5) is 28.2. The van der Waals surface area contributed by atoms with E-state index in [1.54, 1.807) is 17.5 Å². The van der Waals surface area contributed by atoms with Gasteiger partial charge in [-0.15, -0.1) is 0 Å². The summed E-state index contributed by atoms with van der Waals surface area (Å²) in [6.07, 6.45) is 8.10. The molecule has 1 aliphatic carbocycles. The molecule has 0 bridgehead atoms. The second-order valence-electron chi connectivity index (χ2n) is 8.05. The highest BCUT2D eigenvalue weighted by Crippen LogP contribution is 2.58. The maximum Gasteiger partial charge on any atom is 0.185 e. The summed E-state index contributed by atoms with van der Waals surface area (Å²) in [5.74, 6) is 1.85. The normalized spacial score (nSPS) is 19.9. The van der Waals surface area contributed by atoms with Gasteiger partial charge in [-0.2, -0.15) is 0 Å². The first-order valence-electron chi connectivity index (χ1n) is 9.98. The largest absolute Gasteiger partial charge is 0.348 e. The molecule has 1 saturated heterocycles. The van der Waals surface area contributed by atoms with Crippen molar-refractivity contribution in [3.63, 3.8) is 0 Å². The topological polar surface area (TPSA) is 71.0 Å². The van der Waals surface area contributed by atoms with Gasteiger partial charge in [-0.05, 0) is 61.4 Å². The van der Waals surface area contributed by atoms with E-state index in [0.29, 0.717) is 11.3 Å². The highest BCUT2D eigenvalue weighted by atomic mass is 32.1. The minimum Gasteiger partial charge on any atom is -0.348 e. The second kappa shape index (κ2) is 7.22. The molecule has 1 saturated carbocycles. The molecule has 4 heterocycles. The summed E-state index contributed by atoms with van der Waals surface area (Å²) in [7, 11) is 0. The predicted molar refractivity (Wildman–Crippen MR) is 116 cm³/mol. The van der Waals surface area contributed by atoms with E-state index in [4.69, 9.17) is 4.98 Å². The molecule has 29 heavy (non-hydrogen) atoms. The summed E-state index contributed by atoms with van der Waals surface area (Å²) in [6.45, 7) is 4.00. The van der Waals surface area contributed by atoms with Crippen molar-refractivity contribution in [1.29, 1.82) is 0 Å². The third kappa shape index (κ3) is 3.62. The van der Waals surface area contributed by atoms with Gasteiger partial charge < -0.3 is 15.0 Å². The number of hydrogen-bond donors (Lipinski definition) is 1. The standard InChI is InChI=1S/C22H23N5OS/c1-15-5-8-23-20(11-15)26-19-4-2-3-17(25-19)18-13-24-21(29-18)27-9-6-22(7-10-27)12-16(22)14-28/h2-5,8,11,13-14,16H,6-7,9-10,12H2,1H3,(H,23,25,26). The minimum absolute atomic E-state index is 0.291. The molecule has 5 rings (SSSR count). The Morgan fingerprint density at radius 1 is 1.21 bits per heavy atom. The van der Waals surface area contributed by atoms with Crippen LogP contribution in [0.15, 0.2) is 42.7 Å². The molecule has 7 heteroatoms. The molecule has 0 radical (unpaired) electrons. The maximum atomic E-state index is 11.1. The molecule has 2 aliphatic rings. The smallest absolute Gasteiger partial charge is 0.185 e. The Labute approximate surface area is 174 Å². The van der Waals surface area contributed by atoms with Crippen molar-refractivity contribution < 1.29 is 4.79 Å². The van der Waals surface area contributed by atoms with Crippen molar-refractivity contribution in [3.8, 4) is 10.6 Å². The van der Waals surface area contributed by atoms with Crippen molar-refractivity contribution in [3.05, 3.63) is 48.3 Å². The third-order valence-corrected chi connectivity index (χ3v) is 7.19. The number of piperidine rings is 1. The monoisotopic (exact) mass is 405 g/mol. The zero-order valence-corrected chi connectivity index (χ0v) is 17.2. The molecule has 3 aromatic heterocycles. The number of carbonyl (C=O) groups is 1. The van der Waals surface area contributed by atoms with Crippen LogP contribution < -0.4 is 10.2 Å². The predicted octanol–water partition coefficient (Wildman–Crippen LogP) is 4.46. The molecule has 0 aromatic carbocycles. The number of thiazole rings is 1. The van der Waals surface area contributed by atoms with Crippen molar-refractivity contribution in [2.75, 3.05) is 23.3 Å². The lowest BCUT2D eigenvalue weighted by atomic mass is 9.91. The fourth-order valence-electron chi connectivity index (χ4n) is 4.20. The van der Waals surface area contributed by atoms with Gasteiger partial charge in [0.05, 0.1) is 10.6 Å². The maximum absolute atomic E-state index is 11.1. The van der Waals surface area contributed by atoms with Gasteiger partial charge >= 0.3 is 0 Å². The lowest BCUT2D eigenvalue weighted by molar-refractivity contribution is -0.109. The first-order chi connectivity index (χ1) is 14.1. The van der Waals surface area contributed by atoms with Crippen LogP contribution >= 0.6 is 11.3 Å². The Kier molecular flexibility index (Phi) is 4.54. The summed E-state index contributed by atoms with van der Waals surface area (Å²) in [6, 6.07) is 9.92. The van der Waals surface area contributed by atoms with Crippen LogP contribution in [-0.4, -0.2) is 34.3 Å². The van der Waals surface area contributed by atoms with E-state index < -0.39 is 0 Å². The SMILES string of the molecule is Cc1ccnc(Nc2cccc(-c3cnc(N4CCC5(CC4)CC5C=O)s3)n2)c1. The van der Waals surface area contributed by atoms with Crippen LogP contribution in [0.4, 0.5) is 16.8 Å². The average Bonchev–Trinajstić information content (AvgIpc) is 3.18. The van der Waals surface area contributed by atoms with Gasteiger partial charge in [0.1, 0.15) is 17.9 Å². The van der Waals surface area contributed by atoms with Crippen molar-refractivity contribution in [1.82, 2.24) is 15.0 Å². The number of pyridine rings is 2. The van der Waals surface area contributed by atoms with Gasteiger partial charge in [0.2, 0.25) is 0 Å². The van der Waals surface area contributed by atoms with Crippen LogP contribution in [0.25, 0.3) is 10.6 Å². The lowest BCUT2D eigenvalue weighted by Crippen LogP contribution is -2.35. The van der Waals surface area contributed by atoms with E-state index in [9.17, 15) is 4.79 Å². The molecule has 1 unspecified atom stereocenters. The Hall–Kier alpha value is -2.80. The van der Waals surface area contributed by atoms with Crippen molar-refractivity contribution in [2.45, 2.75) is 26.2 Å².